The summed E-state index contributed by atoms with van der Waals surface area (Å²) in [4.78, 5) is 12.4. The topological polar surface area (TPSA) is 78.5 Å². The van der Waals surface area contributed by atoms with Crippen LogP contribution in [0.1, 0.15) is 22.3 Å². The molecule has 0 bridgehead atoms. The minimum Gasteiger partial charge on any atom is -0.351 e. The summed E-state index contributed by atoms with van der Waals surface area (Å²) in [6, 6.07) is 13.8. The summed E-state index contributed by atoms with van der Waals surface area (Å²) >= 11 is 0. The molecule has 0 saturated carbocycles. The lowest BCUT2D eigenvalue weighted by Crippen LogP contribution is -2.35. The van der Waals surface area contributed by atoms with Crippen molar-refractivity contribution >= 4 is 21.6 Å². The zero-order valence-electron chi connectivity index (χ0n) is 14.7. The summed E-state index contributed by atoms with van der Waals surface area (Å²) in [6.07, 6.45) is 1.65. The Hall–Kier alpha value is -2.38. The van der Waals surface area contributed by atoms with E-state index in [-0.39, 0.29) is 10.8 Å². The maximum Gasteiger partial charge on any atom is 0.264 e. The molecule has 6 nitrogen and oxygen atoms in total. The summed E-state index contributed by atoms with van der Waals surface area (Å²) in [5.74, 6) is -0.281. The fourth-order valence-corrected chi connectivity index (χ4v) is 4.66. The van der Waals surface area contributed by atoms with Crippen molar-refractivity contribution < 1.29 is 13.2 Å². The number of para-hydroxylation sites is 1. The Balaban J connectivity index is 1.89. The number of benzene rings is 2. The third-order valence-corrected chi connectivity index (χ3v) is 6.22. The highest BCUT2D eigenvalue weighted by molar-refractivity contribution is 7.92. The molecular weight excluding hydrogens is 350 g/mol. The van der Waals surface area contributed by atoms with Crippen LogP contribution in [0.5, 0.6) is 0 Å². The first-order valence-electron chi connectivity index (χ1n) is 8.67. The van der Waals surface area contributed by atoms with Gasteiger partial charge in [-0.25, -0.2) is 8.42 Å². The van der Waals surface area contributed by atoms with Crippen LogP contribution in [0.4, 0.5) is 5.69 Å². The van der Waals surface area contributed by atoms with Crippen LogP contribution in [-0.4, -0.2) is 41.0 Å². The summed E-state index contributed by atoms with van der Waals surface area (Å²) in [5, 5.41) is 5.71. The average Bonchev–Trinajstić information content (AvgIpc) is 2.67. The molecule has 1 amide bonds. The molecular formula is C19H23N3O3S. The quantitative estimate of drug-likeness (QED) is 0.757. The molecule has 1 aliphatic rings. The van der Waals surface area contributed by atoms with Crippen molar-refractivity contribution in [3.8, 4) is 0 Å². The van der Waals surface area contributed by atoms with Crippen molar-refractivity contribution in [2.75, 3.05) is 31.0 Å². The molecule has 0 fully saturated rings. The average molecular weight is 373 g/mol. The van der Waals surface area contributed by atoms with E-state index in [9.17, 15) is 13.2 Å². The maximum atomic E-state index is 13.2. The Kier molecular flexibility index (Phi) is 5.58. The van der Waals surface area contributed by atoms with Crippen LogP contribution in [0.25, 0.3) is 0 Å². The van der Waals surface area contributed by atoms with Crippen LogP contribution in [0.15, 0.2) is 53.4 Å². The molecule has 7 heteroatoms. The van der Waals surface area contributed by atoms with Gasteiger partial charge in [-0.15, -0.1) is 0 Å². The first-order chi connectivity index (χ1) is 12.5. The number of amides is 1. The van der Waals surface area contributed by atoms with E-state index in [2.05, 4.69) is 10.6 Å². The van der Waals surface area contributed by atoms with E-state index >= 15 is 0 Å². The number of nitrogens with zero attached hydrogens (tertiary/aromatic N) is 1. The van der Waals surface area contributed by atoms with E-state index in [4.69, 9.17) is 0 Å². The van der Waals surface area contributed by atoms with Gasteiger partial charge in [0.15, 0.2) is 0 Å². The summed E-state index contributed by atoms with van der Waals surface area (Å²) in [5.41, 5.74) is 2.10. The summed E-state index contributed by atoms with van der Waals surface area (Å²) in [6.45, 7) is 1.57. The molecule has 138 valence electrons. The van der Waals surface area contributed by atoms with Gasteiger partial charge in [0.05, 0.1) is 10.6 Å². The Morgan fingerprint density at radius 2 is 1.92 bits per heavy atom. The van der Waals surface area contributed by atoms with Crippen LogP contribution >= 0.6 is 0 Å². The number of aryl methyl sites for hydroxylation is 1. The Labute approximate surface area is 154 Å². The van der Waals surface area contributed by atoms with Crippen molar-refractivity contribution in [2.24, 2.45) is 0 Å². The molecule has 0 radical (unpaired) electrons. The fourth-order valence-electron chi connectivity index (χ4n) is 3.08. The molecule has 1 aliphatic heterocycles. The van der Waals surface area contributed by atoms with Gasteiger partial charge in [0.2, 0.25) is 0 Å². The number of anilines is 1. The molecule has 2 aromatic rings. The van der Waals surface area contributed by atoms with E-state index in [0.29, 0.717) is 25.2 Å². The molecule has 2 aromatic carbocycles. The molecule has 0 aromatic heterocycles. The zero-order valence-corrected chi connectivity index (χ0v) is 15.6. The lowest BCUT2D eigenvalue weighted by molar-refractivity contribution is 0.0954. The number of likely N-dealkylation sites (N-methyl/N-ethyl adjacent to an activating group) is 1. The van der Waals surface area contributed by atoms with Gasteiger partial charge < -0.3 is 10.6 Å². The maximum absolute atomic E-state index is 13.2. The Morgan fingerprint density at radius 1 is 1.12 bits per heavy atom. The van der Waals surface area contributed by atoms with Crippen LogP contribution in [0.2, 0.25) is 0 Å². The van der Waals surface area contributed by atoms with Crippen molar-refractivity contribution in [3.05, 3.63) is 59.7 Å². The third kappa shape index (κ3) is 3.73. The minimum atomic E-state index is -3.72. The van der Waals surface area contributed by atoms with Crippen molar-refractivity contribution in [1.82, 2.24) is 10.6 Å². The van der Waals surface area contributed by atoms with Gasteiger partial charge in [0.1, 0.15) is 0 Å². The fraction of sp³-hybridized carbons (Fsp3) is 0.316. The molecule has 3 rings (SSSR count). The third-order valence-electron chi connectivity index (χ3n) is 4.41. The van der Waals surface area contributed by atoms with Crippen LogP contribution in [0, 0.1) is 0 Å². The lowest BCUT2D eigenvalue weighted by atomic mass is 10.0. The van der Waals surface area contributed by atoms with Crippen LogP contribution in [0.3, 0.4) is 0 Å². The first-order valence-corrected chi connectivity index (χ1v) is 10.1. The molecule has 26 heavy (non-hydrogen) atoms. The van der Waals surface area contributed by atoms with E-state index in [0.717, 1.165) is 24.1 Å². The monoisotopic (exact) mass is 373 g/mol. The van der Waals surface area contributed by atoms with Gasteiger partial charge in [-0.3, -0.25) is 9.10 Å². The van der Waals surface area contributed by atoms with Gasteiger partial charge in [0, 0.05) is 25.2 Å². The second kappa shape index (κ2) is 7.88. The number of hydrogen-bond donors (Lipinski definition) is 2. The molecule has 0 spiro atoms. The Bertz CT molecular complexity index is 896. The van der Waals surface area contributed by atoms with E-state index < -0.39 is 10.0 Å². The second-order valence-electron chi connectivity index (χ2n) is 6.20. The normalized spacial score (nSPS) is 14.0. The van der Waals surface area contributed by atoms with Crippen molar-refractivity contribution in [1.29, 1.82) is 0 Å². The van der Waals surface area contributed by atoms with Gasteiger partial charge >= 0.3 is 0 Å². The minimum absolute atomic E-state index is 0.135. The highest BCUT2D eigenvalue weighted by atomic mass is 32.2. The van der Waals surface area contributed by atoms with Crippen molar-refractivity contribution in [2.45, 2.75) is 17.7 Å². The Morgan fingerprint density at radius 3 is 2.73 bits per heavy atom. The van der Waals surface area contributed by atoms with E-state index in [1.807, 2.05) is 24.3 Å². The SMILES string of the molecule is CNCCNC(=O)c1cccc(S(=O)(=O)N2CCCc3ccccc32)c1. The number of carbonyl (C=O) groups is 1. The van der Waals surface area contributed by atoms with Gasteiger partial charge in [-0.1, -0.05) is 24.3 Å². The van der Waals surface area contributed by atoms with E-state index in [1.54, 1.807) is 19.2 Å². The van der Waals surface area contributed by atoms with Crippen LogP contribution < -0.4 is 14.9 Å². The smallest absolute Gasteiger partial charge is 0.264 e. The molecule has 2 N–H and O–H groups in total. The first kappa shape index (κ1) is 18.4. The number of nitrogens with one attached hydrogen (secondary N) is 2. The van der Waals surface area contributed by atoms with Gasteiger partial charge in [-0.05, 0) is 49.7 Å². The highest BCUT2D eigenvalue weighted by Gasteiger charge is 2.29. The van der Waals surface area contributed by atoms with Gasteiger partial charge in [0.25, 0.3) is 15.9 Å². The molecule has 0 saturated heterocycles. The van der Waals surface area contributed by atoms with Crippen molar-refractivity contribution in [3.63, 3.8) is 0 Å². The number of fused-ring (bicyclic) bond motifs is 1. The summed E-state index contributed by atoms with van der Waals surface area (Å²) < 4.78 is 27.8. The predicted molar refractivity (Wildman–Crippen MR) is 102 cm³/mol. The number of sulfonamides is 1. The highest BCUT2D eigenvalue weighted by Crippen LogP contribution is 2.31. The standard InChI is InChI=1S/C19H23N3O3S/c1-20-11-12-21-19(23)16-7-4-9-17(14-16)26(24,25)22-13-5-8-15-6-2-3-10-18(15)22/h2-4,6-7,9-10,14,20H,5,8,11-13H2,1H3,(H,21,23). The number of rotatable bonds is 6. The van der Waals surface area contributed by atoms with Gasteiger partial charge in [-0.2, -0.15) is 0 Å². The predicted octanol–water partition coefficient (Wildman–Crippen LogP) is 1.78. The summed E-state index contributed by atoms with van der Waals surface area (Å²) in [7, 11) is -1.91. The number of hydrogen-bond acceptors (Lipinski definition) is 4. The molecule has 0 atom stereocenters. The van der Waals surface area contributed by atoms with Crippen LogP contribution in [-0.2, 0) is 16.4 Å². The molecule has 0 aliphatic carbocycles. The second-order valence-corrected chi connectivity index (χ2v) is 8.06. The number of carbonyl (C=O) groups excluding carboxylic acids is 1. The molecule has 1 heterocycles. The largest absolute Gasteiger partial charge is 0.351 e. The van der Waals surface area contributed by atoms with E-state index in [1.165, 1.54) is 16.4 Å². The zero-order chi connectivity index (χ0) is 18.6. The lowest BCUT2D eigenvalue weighted by Gasteiger charge is -2.30. The molecule has 0 unspecified atom stereocenters.